The van der Waals surface area contributed by atoms with Gasteiger partial charge in [0.1, 0.15) is 13.2 Å². The van der Waals surface area contributed by atoms with E-state index >= 15 is 0 Å². The summed E-state index contributed by atoms with van der Waals surface area (Å²) >= 11 is 0. The van der Waals surface area contributed by atoms with E-state index in [1.165, 1.54) is 83.5 Å². The van der Waals surface area contributed by atoms with Crippen molar-refractivity contribution in [2.45, 2.75) is 226 Å². The minimum Gasteiger partial charge on any atom is -0.462 e. The van der Waals surface area contributed by atoms with Gasteiger partial charge >= 0.3 is 17.9 Å². The van der Waals surface area contributed by atoms with Crippen molar-refractivity contribution < 1.29 is 28.6 Å². The lowest BCUT2D eigenvalue weighted by atomic mass is 10.1. The minimum absolute atomic E-state index is 0.103. The molecule has 0 aromatic carbocycles. The summed E-state index contributed by atoms with van der Waals surface area (Å²) in [6, 6.07) is 0. The van der Waals surface area contributed by atoms with Crippen LogP contribution in [0.4, 0.5) is 0 Å². The number of hydrogen-bond donors (Lipinski definition) is 0. The SMILES string of the molecule is CC\C=C/C=C\C=C/C=C\C=C\C=C/C=C\CCCCCC(=O)OCC(COC(=O)CCCCCCCCCCCCC)OC(=O)CCCCCCC\C=C/C=C\C=C/CCCCCCC. The number of ether oxygens (including phenoxy) is 3. The molecular formula is C60H96O6. The molecule has 6 heteroatoms. The Bertz CT molecular complexity index is 1420. The molecule has 0 N–H and O–H groups in total. The zero-order valence-corrected chi connectivity index (χ0v) is 42.4. The Morgan fingerprint density at radius 3 is 0.939 bits per heavy atom. The van der Waals surface area contributed by atoms with Crippen molar-refractivity contribution in [3.63, 3.8) is 0 Å². The first-order valence-corrected chi connectivity index (χ1v) is 26.7. The first-order valence-electron chi connectivity index (χ1n) is 26.7. The molecule has 0 aliphatic heterocycles. The fourth-order valence-corrected chi connectivity index (χ4v) is 6.96. The molecule has 6 nitrogen and oxygen atoms in total. The van der Waals surface area contributed by atoms with Gasteiger partial charge in [0.2, 0.25) is 0 Å². The number of allylic oxidation sites excluding steroid dienone is 20. The standard InChI is InChI=1S/C60H96O6/c1-4-7-10-13-16-19-22-24-26-28-30-32-33-35-38-41-44-47-50-53-59(62)65-56-57(55-64-58(61)52-49-46-43-40-37-21-18-15-12-9-6-3)66-60(63)54-51-48-45-42-39-36-34-31-29-27-25-23-20-17-14-11-8-5-2/h7,10,13,16,19,22-35,38,57H,4-6,8-9,11-12,14-15,17-18,20-21,36-37,39-56H2,1-3H3/b10-7-,16-13-,22-19-,25-23-,26-24-,29-27-,30-28+,33-32-,34-31-,38-35-. The lowest BCUT2D eigenvalue weighted by Crippen LogP contribution is -2.30. The van der Waals surface area contributed by atoms with E-state index in [0.29, 0.717) is 19.3 Å². The summed E-state index contributed by atoms with van der Waals surface area (Å²) in [5.41, 5.74) is 0. The molecule has 0 aliphatic carbocycles. The van der Waals surface area contributed by atoms with E-state index in [9.17, 15) is 14.4 Å². The Morgan fingerprint density at radius 1 is 0.318 bits per heavy atom. The number of carbonyl (C=O) groups excluding carboxylic acids is 3. The average molecular weight is 913 g/mol. The van der Waals surface area contributed by atoms with E-state index in [0.717, 1.165) is 96.3 Å². The minimum atomic E-state index is -0.809. The molecule has 0 bridgehead atoms. The molecule has 0 aliphatic rings. The fraction of sp³-hybridized carbons (Fsp3) is 0.617. The van der Waals surface area contributed by atoms with Crippen LogP contribution in [0.15, 0.2) is 122 Å². The summed E-state index contributed by atoms with van der Waals surface area (Å²) in [5.74, 6) is -0.975. The Hall–Kier alpha value is -4.19. The second-order valence-electron chi connectivity index (χ2n) is 17.3. The maximum absolute atomic E-state index is 12.8. The third-order valence-electron chi connectivity index (χ3n) is 11.0. The van der Waals surface area contributed by atoms with Gasteiger partial charge in [0.25, 0.3) is 0 Å². The van der Waals surface area contributed by atoms with Gasteiger partial charge in [0.15, 0.2) is 6.10 Å². The highest BCUT2D eigenvalue weighted by atomic mass is 16.6. The quantitative estimate of drug-likeness (QED) is 0.0262. The summed E-state index contributed by atoms with van der Waals surface area (Å²) in [6.07, 6.45) is 73.1. The molecule has 0 radical (unpaired) electrons. The van der Waals surface area contributed by atoms with Crippen LogP contribution < -0.4 is 0 Å². The van der Waals surface area contributed by atoms with E-state index in [4.69, 9.17) is 14.2 Å². The Labute approximate surface area is 405 Å². The van der Waals surface area contributed by atoms with Crippen LogP contribution in [0.5, 0.6) is 0 Å². The molecule has 372 valence electrons. The van der Waals surface area contributed by atoms with Crippen molar-refractivity contribution >= 4 is 17.9 Å². The predicted molar refractivity (Wildman–Crippen MR) is 283 cm³/mol. The molecule has 0 rings (SSSR count). The van der Waals surface area contributed by atoms with Gasteiger partial charge in [0.05, 0.1) is 0 Å². The smallest absolute Gasteiger partial charge is 0.306 e. The van der Waals surface area contributed by atoms with Gasteiger partial charge in [-0.2, -0.15) is 0 Å². The number of hydrogen-bond acceptors (Lipinski definition) is 6. The molecule has 0 saturated carbocycles. The Morgan fingerprint density at radius 2 is 0.591 bits per heavy atom. The number of rotatable bonds is 46. The summed E-state index contributed by atoms with van der Waals surface area (Å²) in [7, 11) is 0. The molecule has 0 fully saturated rings. The van der Waals surface area contributed by atoms with Gasteiger partial charge in [-0.3, -0.25) is 14.4 Å². The summed E-state index contributed by atoms with van der Waals surface area (Å²) in [6.45, 7) is 6.40. The van der Waals surface area contributed by atoms with Crippen LogP contribution in [-0.4, -0.2) is 37.2 Å². The van der Waals surface area contributed by atoms with Crippen LogP contribution in [0.1, 0.15) is 220 Å². The Kier molecular flexibility index (Phi) is 50.0. The normalized spacial score (nSPS) is 13.1. The van der Waals surface area contributed by atoms with Gasteiger partial charge in [0, 0.05) is 19.3 Å². The van der Waals surface area contributed by atoms with E-state index in [1.54, 1.807) is 0 Å². The lowest BCUT2D eigenvalue weighted by Gasteiger charge is -2.18. The van der Waals surface area contributed by atoms with Crippen molar-refractivity contribution in [1.29, 1.82) is 0 Å². The highest BCUT2D eigenvalue weighted by Gasteiger charge is 2.19. The summed E-state index contributed by atoms with van der Waals surface area (Å²) in [4.78, 5) is 38.0. The van der Waals surface area contributed by atoms with E-state index in [-0.39, 0.29) is 31.1 Å². The summed E-state index contributed by atoms with van der Waals surface area (Å²) in [5, 5.41) is 0. The van der Waals surface area contributed by atoms with Crippen LogP contribution in [0.3, 0.4) is 0 Å². The summed E-state index contributed by atoms with van der Waals surface area (Å²) < 4.78 is 16.8. The number of esters is 3. The van der Waals surface area contributed by atoms with Gasteiger partial charge < -0.3 is 14.2 Å². The van der Waals surface area contributed by atoms with Crippen LogP contribution in [-0.2, 0) is 28.6 Å². The van der Waals surface area contributed by atoms with Crippen molar-refractivity contribution in [3.8, 4) is 0 Å². The van der Waals surface area contributed by atoms with Crippen molar-refractivity contribution in [2.75, 3.05) is 13.2 Å². The maximum atomic E-state index is 12.8. The molecule has 0 aromatic heterocycles. The van der Waals surface area contributed by atoms with Gasteiger partial charge in [-0.15, -0.1) is 0 Å². The monoisotopic (exact) mass is 913 g/mol. The largest absolute Gasteiger partial charge is 0.462 e. The van der Waals surface area contributed by atoms with Crippen molar-refractivity contribution in [3.05, 3.63) is 122 Å². The van der Waals surface area contributed by atoms with Crippen LogP contribution in [0.25, 0.3) is 0 Å². The number of unbranched alkanes of at least 4 members (excludes halogenated alkanes) is 23. The van der Waals surface area contributed by atoms with Gasteiger partial charge in [-0.1, -0.05) is 258 Å². The molecule has 66 heavy (non-hydrogen) atoms. The molecule has 1 atom stereocenters. The van der Waals surface area contributed by atoms with Crippen LogP contribution in [0, 0.1) is 0 Å². The molecule has 0 spiro atoms. The molecule has 0 heterocycles. The molecular weight excluding hydrogens is 817 g/mol. The molecule has 0 aromatic rings. The highest BCUT2D eigenvalue weighted by molar-refractivity contribution is 5.71. The van der Waals surface area contributed by atoms with Crippen molar-refractivity contribution in [2.24, 2.45) is 0 Å². The van der Waals surface area contributed by atoms with E-state index in [1.807, 2.05) is 72.9 Å². The Balaban J connectivity index is 4.53. The van der Waals surface area contributed by atoms with Gasteiger partial charge in [-0.25, -0.2) is 0 Å². The highest BCUT2D eigenvalue weighted by Crippen LogP contribution is 2.14. The fourth-order valence-electron chi connectivity index (χ4n) is 6.96. The maximum Gasteiger partial charge on any atom is 0.306 e. The third kappa shape index (κ3) is 50.8. The number of carbonyl (C=O) groups is 3. The zero-order valence-electron chi connectivity index (χ0n) is 42.4. The van der Waals surface area contributed by atoms with Crippen molar-refractivity contribution in [1.82, 2.24) is 0 Å². The third-order valence-corrected chi connectivity index (χ3v) is 11.0. The first kappa shape index (κ1) is 61.8. The topological polar surface area (TPSA) is 78.9 Å². The molecule has 0 amide bonds. The van der Waals surface area contributed by atoms with Crippen LogP contribution in [0.2, 0.25) is 0 Å². The predicted octanol–water partition coefficient (Wildman–Crippen LogP) is 17.7. The zero-order chi connectivity index (χ0) is 47.9. The van der Waals surface area contributed by atoms with E-state index < -0.39 is 6.10 Å². The van der Waals surface area contributed by atoms with Gasteiger partial charge in [-0.05, 0) is 64.2 Å². The average Bonchev–Trinajstić information content (AvgIpc) is 3.31. The first-order chi connectivity index (χ1) is 32.5. The second-order valence-corrected chi connectivity index (χ2v) is 17.3. The van der Waals surface area contributed by atoms with Crippen LogP contribution >= 0.6 is 0 Å². The van der Waals surface area contributed by atoms with E-state index in [2.05, 4.69) is 69.4 Å². The molecule has 1 unspecified atom stereocenters. The molecule has 0 saturated heterocycles. The lowest BCUT2D eigenvalue weighted by molar-refractivity contribution is -0.167. The second kappa shape index (κ2) is 53.4.